The van der Waals surface area contributed by atoms with E-state index in [-0.39, 0.29) is 26.4 Å². The molecule has 3 atom stereocenters. The average molecular weight is 595 g/mol. The molecule has 0 aromatic heterocycles. The van der Waals surface area contributed by atoms with Crippen molar-refractivity contribution in [1.29, 1.82) is 0 Å². The monoisotopic (exact) mass is 594 g/mol. The summed E-state index contributed by atoms with van der Waals surface area (Å²) in [5, 5.41) is 1.93. The number of carbonyl (C=O) groups is 2. The average Bonchev–Trinajstić information content (AvgIpc) is 3.47. The Morgan fingerprint density at radius 1 is 0.725 bits per heavy atom. The SMILES string of the molecule is O=C1[C@H]2[C@@H](ON(c3ccccc3)[C@H]2c2ccccc2OS(=O)(=O)c2ccccc2)C(=O)N1c1ccc(Cl)c(Cl)c1. The maximum absolute atomic E-state index is 13.9. The van der Waals surface area contributed by atoms with E-state index >= 15 is 0 Å². The molecule has 2 fully saturated rings. The molecule has 2 amide bonds. The molecule has 4 aromatic carbocycles. The zero-order chi connectivity index (χ0) is 28.0. The van der Waals surface area contributed by atoms with Gasteiger partial charge in [-0.05, 0) is 48.5 Å². The van der Waals surface area contributed by atoms with Crippen molar-refractivity contribution in [1.82, 2.24) is 0 Å². The fourth-order valence-electron chi connectivity index (χ4n) is 4.96. The molecule has 2 heterocycles. The molecule has 0 N–H and O–H groups in total. The van der Waals surface area contributed by atoms with Crippen LogP contribution in [0.2, 0.25) is 10.0 Å². The van der Waals surface area contributed by atoms with Crippen LogP contribution in [0.5, 0.6) is 5.75 Å². The lowest BCUT2D eigenvalue weighted by molar-refractivity contribution is -0.126. The minimum Gasteiger partial charge on any atom is -0.379 e. The number of hydrogen-bond acceptors (Lipinski definition) is 7. The number of para-hydroxylation sites is 2. The Morgan fingerprint density at radius 2 is 1.38 bits per heavy atom. The first kappa shape index (κ1) is 26.3. The number of nitrogens with zero attached hydrogens (tertiary/aromatic N) is 2. The number of imide groups is 1. The first-order valence-electron chi connectivity index (χ1n) is 12.2. The van der Waals surface area contributed by atoms with Crippen LogP contribution in [-0.4, -0.2) is 26.3 Å². The smallest absolute Gasteiger partial charge is 0.339 e. The fraction of sp³-hybridized carbons (Fsp3) is 0.103. The maximum atomic E-state index is 13.9. The van der Waals surface area contributed by atoms with Gasteiger partial charge in [0.15, 0.2) is 6.10 Å². The van der Waals surface area contributed by atoms with Gasteiger partial charge in [0.25, 0.3) is 5.91 Å². The van der Waals surface area contributed by atoms with Crippen LogP contribution in [-0.2, 0) is 24.5 Å². The number of halogens is 2. The van der Waals surface area contributed by atoms with E-state index in [0.29, 0.717) is 11.3 Å². The molecule has 4 aromatic rings. The van der Waals surface area contributed by atoms with Gasteiger partial charge in [0.2, 0.25) is 5.91 Å². The van der Waals surface area contributed by atoms with Gasteiger partial charge in [-0.1, -0.05) is 77.8 Å². The minimum absolute atomic E-state index is 0.00905. The van der Waals surface area contributed by atoms with Crippen LogP contribution in [0.3, 0.4) is 0 Å². The van der Waals surface area contributed by atoms with Crippen molar-refractivity contribution >= 4 is 56.5 Å². The fourth-order valence-corrected chi connectivity index (χ4v) is 6.23. The number of anilines is 2. The Labute approximate surface area is 240 Å². The third-order valence-electron chi connectivity index (χ3n) is 6.76. The van der Waals surface area contributed by atoms with E-state index in [4.69, 9.17) is 32.2 Å². The van der Waals surface area contributed by atoms with Gasteiger partial charge in [-0.15, -0.1) is 0 Å². The van der Waals surface area contributed by atoms with E-state index in [0.717, 1.165) is 4.90 Å². The summed E-state index contributed by atoms with van der Waals surface area (Å²) in [6, 6.07) is 26.7. The highest BCUT2D eigenvalue weighted by Gasteiger charge is 2.61. The summed E-state index contributed by atoms with van der Waals surface area (Å²) in [6.07, 6.45) is -1.18. The van der Waals surface area contributed by atoms with E-state index in [1.807, 2.05) is 6.07 Å². The largest absolute Gasteiger partial charge is 0.379 e. The molecule has 0 aliphatic carbocycles. The van der Waals surface area contributed by atoms with E-state index < -0.39 is 40.0 Å². The highest BCUT2D eigenvalue weighted by atomic mass is 35.5. The van der Waals surface area contributed by atoms with Crippen LogP contribution in [0.1, 0.15) is 11.6 Å². The number of hydrogen-bond donors (Lipinski definition) is 0. The van der Waals surface area contributed by atoms with Crippen molar-refractivity contribution in [2.75, 3.05) is 9.96 Å². The molecule has 202 valence electrons. The maximum Gasteiger partial charge on any atom is 0.339 e. The predicted molar refractivity (Wildman–Crippen MR) is 150 cm³/mol. The summed E-state index contributed by atoms with van der Waals surface area (Å²) in [7, 11) is -4.21. The normalized spacial score (nSPS) is 20.6. The van der Waals surface area contributed by atoms with Crippen LogP contribution in [0.4, 0.5) is 11.4 Å². The number of hydroxylamine groups is 1. The Bertz CT molecular complexity index is 1720. The van der Waals surface area contributed by atoms with Gasteiger partial charge < -0.3 is 4.18 Å². The van der Waals surface area contributed by atoms with Crippen molar-refractivity contribution in [3.05, 3.63) is 119 Å². The molecule has 11 heteroatoms. The standard InChI is InChI=1S/C29H20Cl2N2O6S/c30-22-16-15-19(17-23(22)31)32-28(34)25-26(33(38-27(25)29(32)35)18-9-3-1-4-10-18)21-13-7-8-14-24(21)39-40(36,37)20-11-5-2-6-12-20/h1-17,25-27H/t25-,26+,27-/m1/s1. The first-order chi connectivity index (χ1) is 19.3. The zero-order valence-electron chi connectivity index (χ0n) is 20.6. The Morgan fingerprint density at radius 3 is 2.08 bits per heavy atom. The molecule has 6 rings (SSSR count). The third-order valence-corrected chi connectivity index (χ3v) is 8.74. The van der Waals surface area contributed by atoms with Crippen LogP contribution in [0.25, 0.3) is 0 Å². The quantitative estimate of drug-likeness (QED) is 0.205. The van der Waals surface area contributed by atoms with E-state index in [1.165, 1.54) is 41.5 Å². The molecule has 2 aliphatic heterocycles. The number of fused-ring (bicyclic) bond motifs is 1. The molecule has 0 unspecified atom stereocenters. The molecule has 40 heavy (non-hydrogen) atoms. The highest BCUT2D eigenvalue weighted by Crippen LogP contribution is 2.50. The van der Waals surface area contributed by atoms with E-state index in [1.54, 1.807) is 60.7 Å². The summed E-state index contributed by atoms with van der Waals surface area (Å²) in [4.78, 5) is 34.7. The lowest BCUT2D eigenvalue weighted by atomic mass is 9.90. The summed E-state index contributed by atoms with van der Waals surface area (Å²) in [6.45, 7) is 0. The molecule has 0 bridgehead atoms. The lowest BCUT2D eigenvalue weighted by Gasteiger charge is -2.29. The van der Waals surface area contributed by atoms with Crippen molar-refractivity contribution in [3.8, 4) is 5.75 Å². The molecule has 0 saturated carbocycles. The predicted octanol–water partition coefficient (Wildman–Crippen LogP) is 5.81. The Kier molecular flexibility index (Phi) is 6.75. The van der Waals surface area contributed by atoms with Crippen molar-refractivity contribution in [2.45, 2.75) is 17.0 Å². The van der Waals surface area contributed by atoms with Crippen molar-refractivity contribution < 1.29 is 27.0 Å². The summed E-state index contributed by atoms with van der Waals surface area (Å²) in [5.74, 6) is -2.12. The topological polar surface area (TPSA) is 93.2 Å². The Hall–Kier alpha value is -3.89. The van der Waals surface area contributed by atoms with Crippen LogP contribution in [0, 0.1) is 5.92 Å². The van der Waals surface area contributed by atoms with Crippen LogP contribution in [0.15, 0.2) is 108 Å². The van der Waals surface area contributed by atoms with Crippen LogP contribution >= 0.6 is 23.2 Å². The van der Waals surface area contributed by atoms with Crippen molar-refractivity contribution in [3.63, 3.8) is 0 Å². The zero-order valence-corrected chi connectivity index (χ0v) is 22.9. The second-order valence-corrected chi connectivity index (χ2v) is 11.5. The van der Waals surface area contributed by atoms with Crippen molar-refractivity contribution in [2.24, 2.45) is 5.92 Å². The lowest BCUT2D eigenvalue weighted by Crippen LogP contribution is -2.37. The number of benzene rings is 4. The minimum atomic E-state index is -4.21. The van der Waals surface area contributed by atoms with E-state index in [2.05, 4.69) is 0 Å². The van der Waals surface area contributed by atoms with Crippen LogP contribution < -0.4 is 14.1 Å². The van der Waals surface area contributed by atoms with E-state index in [9.17, 15) is 18.0 Å². The second kappa shape index (κ2) is 10.3. The summed E-state index contributed by atoms with van der Waals surface area (Å²) >= 11 is 12.2. The summed E-state index contributed by atoms with van der Waals surface area (Å²) < 4.78 is 31.9. The molecular weight excluding hydrogens is 575 g/mol. The van der Waals surface area contributed by atoms with Gasteiger partial charge >= 0.3 is 10.1 Å². The highest BCUT2D eigenvalue weighted by molar-refractivity contribution is 7.87. The van der Waals surface area contributed by atoms with Gasteiger partial charge in [-0.25, -0.2) is 9.96 Å². The van der Waals surface area contributed by atoms with Gasteiger partial charge in [0, 0.05) is 5.56 Å². The first-order valence-corrected chi connectivity index (χ1v) is 14.3. The second-order valence-electron chi connectivity index (χ2n) is 9.16. The molecule has 0 radical (unpaired) electrons. The van der Waals surface area contributed by atoms with Gasteiger partial charge in [-0.3, -0.25) is 14.4 Å². The van der Waals surface area contributed by atoms with Gasteiger partial charge in [0.05, 0.1) is 27.5 Å². The number of amides is 2. The van der Waals surface area contributed by atoms with Gasteiger partial charge in [-0.2, -0.15) is 8.42 Å². The number of rotatable bonds is 6. The Balaban J connectivity index is 1.45. The number of carbonyl (C=O) groups excluding carboxylic acids is 2. The molecule has 2 aliphatic rings. The molecule has 8 nitrogen and oxygen atoms in total. The summed E-state index contributed by atoms with van der Waals surface area (Å²) in [5.41, 5.74) is 1.18. The van der Waals surface area contributed by atoms with Gasteiger partial charge in [0.1, 0.15) is 16.6 Å². The molecule has 0 spiro atoms. The molecule has 2 saturated heterocycles. The molecular formula is C29H20Cl2N2O6S. The third kappa shape index (κ3) is 4.50.